The van der Waals surface area contributed by atoms with E-state index in [0.717, 1.165) is 16.8 Å². The molecule has 4 nitrogen and oxygen atoms in total. The van der Waals surface area contributed by atoms with E-state index in [2.05, 4.69) is 4.98 Å². The Morgan fingerprint density at radius 1 is 1.50 bits per heavy atom. The fourth-order valence-electron chi connectivity index (χ4n) is 1.48. The molecule has 0 saturated heterocycles. The zero-order chi connectivity index (χ0) is 10.1. The molecule has 1 aromatic carbocycles. The zero-order valence-electron chi connectivity index (χ0n) is 8.32. The Hall–Kier alpha value is -1.71. The van der Waals surface area contributed by atoms with Crippen molar-refractivity contribution in [3.05, 3.63) is 18.2 Å². The first-order chi connectivity index (χ1) is 6.74. The molecule has 0 saturated carbocycles. The largest absolute Gasteiger partial charge is 0.492 e. The minimum Gasteiger partial charge on any atom is -0.492 e. The van der Waals surface area contributed by atoms with Gasteiger partial charge in [-0.2, -0.15) is 0 Å². The van der Waals surface area contributed by atoms with Crippen molar-refractivity contribution < 1.29 is 4.74 Å². The Bertz CT molecular complexity index is 462. The Morgan fingerprint density at radius 3 is 3.00 bits per heavy atom. The van der Waals surface area contributed by atoms with E-state index in [9.17, 15) is 0 Å². The van der Waals surface area contributed by atoms with Crippen molar-refractivity contribution >= 4 is 17.0 Å². The molecule has 0 bridgehead atoms. The average molecular weight is 191 g/mol. The number of hydrogen-bond acceptors (Lipinski definition) is 3. The number of para-hydroxylation sites is 1. The Balaban J connectivity index is 2.68. The van der Waals surface area contributed by atoms with Crippen LogP contribution in [-0.2, 0) is 7.05 Å². The molecule has 4 heteroatoms. The van der Waals surface area contributed by atoms with Crippen molar-refractivity contribution in [2.75, 3.05) is 12.3 Å². The van der Waals surface area contributed by atoms with Crippen LogP contribution in [0, 0.1) is 0 Å². The van der Waals surface area contributed by atoms with E-state index in [0.29, 0.717) is 12.6 Å². The lowest BCUT2D eigenvalue weighted by molar-refractivity contribution is 0.343. The highest BCUT2D eigenvalue weighted by Crippen LogP contribution is 2.25. The van der Waals surface area contributed by atoms with Crippen molar-refractivity contribution in [2.24, 2.45) is 7.05 Å². The van der Waals surface area contributed by atoms with E-state index in [4.69, 9.17) is 10.5 Å². The molecule has 2 aromatic rings. The van der Waals surface area contributed by atoms with Crippen LogP contribution in [0.25, 0.3) is 11.0 Å². The van der Waals surface area contributed by atoms with Gasteiger partial charge < -0.3 is 15.0 Å². The molecule has 0 amide bonds. The predicted octanol–water partition coefficient (Wildman–Crippen LogP) is 1.55. The van der Waals surface area contributed by atoms with Gasteiger partial charge >= 0.3 is 0 Å². The first-order valence-electron chi connectivity index (χ1n) is 4.57. The van der Waals surface area contributed by atoms with Gasteiger partial charge in [-0.05, 0) is 19.1 Å². The number of imidazole rings is 1. The number of ether oxygens (including phenoxy) is 1. The van der Waals surface area contributed by atoms with Gasteiger partial charge in [0.05, 0.1) is 12.1 Å². The minimum atomic E-state index is 0.507. The Kier molecular flexibility index (Phi) is 2.04. The molecule has 2 N–H and O–H groups in total. The van der Waals surface area contributed by atoms with E-state index in [1.165, 1.54) is 0 Å². The van der Waals surface area contributed by atoms with Crippen molar-refractivity contribution in [1.82, 2.24) is 9.55 Å². The van der Waals surface area contributed by atoms with Gasteiger partial charge in [0.25, 0.3) is 0 Å². The second-order valence-electron chi connectivity index (χ2n) is 3.09. The summed E-state index contributed by atoms with van der Waals surface area (Å²) >= 11 is 0. The average Bonchev–Trinajstić information content (AvgIpc) is 2.46. The molecular weight excluding hydrogens is 178 g/mol. The molecule has 0 aliphatic heterocycles. The third-order valence-electron chi connectivity index (χ3n) is 2.21. The fourth-order valence-corrected chi connectivity index (χ4v) is 1.48. The van der Waals surface area contributed by atoms with Crippen LogP contribution in [-0.4, -0.2) is 16.2 Å². The monoisotopic (exact) mass is 191 g/mol. The van der Waals surface area contributed by atoms with E-state index < -0.39 is 0 Å². The Morgan fingerprint density at radius 2 is 2.29 bits per heavy atom. The van der Waals surface area contributed by atoms with Crippen LogP contribution in [0.4, 0.5) is 5.95 Å². The number of nitrogens with two attached hydrogens (primary N) is 1. The SMILES string of the molecule is CCOc1cccc2c1nc(N)n2C. The van der Waals surface area contributed by atoms with Crippen LogP contribution in [0.15, 0.2) is 18.2 Å². The molecule has 0 fully saturated rings. The number of nitrogen functional groups attached to an aromatic ring is 1. The zero-order valence-corrected chi connectivity index (χ0v) is 8.32. The third-order valence-corrected chi connectivity index (χ3v) is 2.21. The number of anilines is 1. The van der Waals surface area contributed by atoms with Crippen molar-refractivity contribution in [1.29, 1.82) is 0 Å². The van der Waals surface area contributed by atoms with Gasteiger partial charge in [-0.3, -0.25) is 0 Å². The number of benzene rings is 1. The van der Waals surface area contributed by atoms with Gasteiger partial charge in [0, 0.05) is 7.05 Å². The molecule has 0 atom stereocenters. The van der Waals surface area contributed by atoms with E-state index in [-0.39, 0.29) is 0 Å². The topological polar surface area (TPSA) is 53.1 Å². The highest BCUT2D eigenvalue weighted by molar-refractivity contribution is 5.84. The summed E-state index contributed by atoms with van der Waals surface area (Å²) in [5.74, 6) is 1.30. The lowest BCUT2D eigenvalue weighted by Gasteiger charge is -2.02. The molecule has 0 aliphatic carbocycles. The molecule has 0 aliphatic rings. The summed E-state index contributed by atoms with van der Waals surface area (Å²) in [4.78, 5) is 4.25. The number of rotatable bonds is 2. The van der Waals surface area contributed by atoms with Gasteiger partial charge in [0.1, 0.15) is 11.3 Å². The molecule has 14 heavy (non-hydrogen) atoms. The summed E-state index contributed by atoms with van der Waals surface area (Å²) in [6.07, 6.45) is 0. The minimum absolute atomic E-state index is 0.507. The van der Waals surface area contributed by atoms with E-state index in [1.807, 2.05) is 36.7 Å². The normalized spacial score (nSPS) is 10.7. The second kappa shape index (κ2) is 3.21. The maximum absolute atomic E-state index is 5.71. The van der Waals surface area contributed by atoms with Crippen LogP contribution in [0.1, 0.15) is 6.92 Å². The summed E-state index contributed by atoms with van der Waals surface area (Å²) in [7, 11) is 1.89. The number of aryl methyl sites for hydroxylation is 1. The molecule has 0 radical (unpaired) electrons. The third kappa shape index (κ3) is 1.19. The van der Waals surface area contributed by atoms with Gasteiger partial charge in [-0.25, -0.2) is 4.98 Å². The van der Waals surface area contributed by atoms with Crippen molar-refractivity contribution in [3.8, 4) is 5.75 Å². The molecule has 0 spiro atoms. The highest BCUT2D eigenvalue weighted by atomic mass is 16.5. The summed E-state index contributed by atoms with van der Waals surface area (Å²) in [6, 6.07) is 5.81. The van der Waals surface area contributed by atoms with Gasteiger partial charge in [0.15, 0.2) is 0 Å². The lowest BCUT2D eigenvalue weighted by Crippen LogP contribution is -1.95. The first-order valence-corrected chi connectivity index (χ1v) is 4.57. The summed E-state index contributed by atoms with van der Waals surface area (Å²) < 4.78 is 7.30. The first kappa shape index (κ1) is 8.87. The van der Waals surface area contributed by atoms with Crippen LogP contribution in [0.3, 0.4) is 0 Å². The molecule has 74 valence electrons. The molecule has 0 unspecified atom stereocenters. The van der Waals surface area contributed by atoms with Gasteiger partial charge in [-0.15, -0.1) is 0 Å². The van der Waals surface area contributed by atoms with E-state index >= 15 is 0 Å². The summed E-state index contributed by atoms with van der Waals surface area (Å²) in [5.41, 5.74) is 7.54. The fraction of sp³-hybridized carbons (Fsp3) is 0.300. The van der Waals surface area contributed by atoms with Crippen LogP contribution in [0.5, 0.6) is 5.75 Å². The predicted molar refractivity (Wildman–Crippen MR) is 56.3 cm³/mol. The van der Waals surface area contributed by atoms with Gasteiger partial charge in [-0.1, -0.05) is 6.07 Å². The number of hydrogen-bond donors (Lipinski definition) is 1. The summed E-state index contributed by atoms with van der Waals surface area (Å²) in [6.45, 7) is 2.58. The van der Waals surface area contributed by atoms with Crippen LogP contribution < -0.4 is 10.5 Å². The van der Waals surface area contributed by atoms with Crippen LogP contribution >= 0.6 is 0 Å². The van der Waals surface area contributed by atoms with Gasteiger partial charge in [0.2, 0.25) is 5.95 Å². The van der Waals surface area contributed by atoms with Crippen LogP contribution in [0.2, 0.25) is 0 Å². The smallest absolute Gasteiger partial charge is 0.201 e. The maximum Gasteiger partial charge on any atom is 0.201 e. The van der Waals surface area contributed by atoms with E-state index in [1.54, 1.807) is 0 Å². The summed E-state index contributed by atoms with van der Waals surface area (Å²) in [5, 5.41) is 0. The van der Waals surface area contributed by atoms with Crippen molar-refractivity contribution in [2.45, 2.75) is 6.92 Å². The molecule has 2 rings (SSSR count). The number of fused-ring (bicyclic) bond motifs is 1. The standard InChI is InChI=1S/C10H13N3O/c1-3-14-8-6-4-5-7-9(8)12-10(11)13(7)2/h4-6H,3H2,1-2H3,(H2,11,12). The second-order valence-corrected chi connectivity index (χ2v) is 3.09. The number of nitrogens with zero attached hydrogens (tertiary/aromatic N) is 2. The molecule has 1 heterocycles. The maximum atomic E-state index is 5.71. The Labute approximate surface area is 82.3 Å². The molecule has 1 aromatic heterocycles. The molecular formula is C10H13N3O. The lowest BCUT2D eigenvalue weighted by atomic mass is 10.3. The van der Waals surface area contributed by atoms with Crippen molar-refractivity contribution in [3.63, 3.8) is 0 Å². The number of aromatic nitrogens is 2. The quantitative estimate of drug-likeness (QED) is 0.783. The highest BCUT2D eigenvalue weighted by Gasteiger charge is 2.08.